The highest BCUT2D eigenvalue weighted by molar-refractivity contribution is 9.11. The predicted molar refractivity (Wildman–Crippen MR) is 53.2 cm³/mol. The van der Waals surface area contributed by atoms with E-state index in [2.05, 4.69) is 31.9 Å². The number of halogens is 2. The van der Waals surface area contributed by atoms with Gasteiger partial charge >= 0.3 is 5.97 Å². The van der Waals surface area contributed by atoms with Crippen molar-refractivity contribution < 1.29 is 9.90 Å². The fraction of sp³-hybridized carbons (Fsp3) is 0. The molecule has 0 heterocycles. The molecule has 3 N–H and O–H groups in total. The van der Waals surface area contributed by atoms with Crippen molar-refractivity contribution in [2.24, 2.45) is 0 Å². The van der Waals surface area contributed by atoms with Gasteiger partial charge < -0.3 is 10.8 Å². The Balaban J connectivity index is 3.33. The summed E-state index contributed by atoms with van der Waals surface area (Å²) in [6.45, 7) is 0. The van der Waals surface area contributed by atoms with Gasteiger partial charge in [-0.1, -0.05) is 0 Å². The molecule has 12 heavy (non-hydrogen) atoms. The summed E-state index contributed by atoms with van der Waals surface area (Å²) in [6, 6.07) is 3.01. The van der Waals surface area contributed by atoms with E-state index in [1.165, 1.54) is 6.07 Å². The number of anilines is 1. The van der Waals surface area contributed by atoms with Crippen molar-refractivity contribution in [2.45, 2.75) is 0 Å². The second-order valence-electron chi connectivity index (χ2n) is 2.16. The van der Waals surface area contributed by atoms with Gasteiger partial charge in [-0.05, 0) is 44.0 Å². The maximum atomic E-state index is 10.6. The first-order valence-electron chi connectivity index (χ1n) is 3.00. The summed E-state index contributed by atoms with van der Waals surface area (Å²) in [7, 11) is 0. The summed E-state index contributed by atoms with van der Waals surface area (Å²) >= 11 is 6.24. The van der Waals surface area contributed by atoms with E-state index in [0.717, 1.165) is 0 Å². The van der Waals surface area contributed by atoms with Crippen LogP contribution in [0.15, 0.2) is 21.1 Å². The van der Waals surface area contributed by atoms with Gasteiger partial charge in [0.05, 0.1) is 5.56 Å². The Labute approximate surface area is 85.8 Å². The molecule has 0 amide bonds. The summed E-state index contributed by atoms with van der Waals surface area (Å²) in [5.41, 5.74) is 6.22. The number of hydrogen-bond acceptors (Lipinski definition) is 2. The zero-order chi connectivity index (χ0) is 9.30. The van der Waals surface area contributed by atoms with E-state index in [0.29, 0.717) is 14.6 Å². The fourth-order valence-electron chi connectivity index (χ4n) is 0.726. The molecule has 0 unspecified atom stereocenters. The third kappa shape index (κ3) is 1.78. The lowest BCUT2D eigenvalue weighted by atomic mass is 10.2. The number of carboxylic acids is 1. The maximum Gasteiger partial charge on any atom is 0.336 e. The molecule has 0 radical (unpaired) electrons. The molecule has 1 rings (SSSR count). The molecule has 0 spiro atoms. The standard InChI is InChI=1S/C7H5Br2NO2/c8-4-2-6(10)5(9)1-3(4)7(11)12/h1-2H,10H2,(H,11,12). The van der Waals surface area contributed by atoms with E-state index in [-0.39, 0.29) is 5.56 Å². The van der Waals surface area contributed by atoms with Gasteiger partial charge in [-0.15, -0.1) is 0 Å². The Morgan fingerprint density at radius 1 is 1.33 bits per heavy atom. The second-order valence-corrected chi connectivity index (χ2v) is 3.87. The smallest absolute Gasteiger partial charge is 0.336 e. The van der Waals surface area contributed by atoms with Gasteiger partial charge in [-0.3, -0.25) is 0 Å². The second kappa shape index (κ2) is 3.45. The van der Waals surface area contributed by atoms with Gasteiger partial charge in [0.1, 0.15) is 0 Å². The number of carbonyl (C=O) groups is 1. The molecule has 5 heteroatoms. The number of hydrogen-bond donors (Lipinski definition) is 2. The van der Waals surface area contributed by atoms with Gasteiger partial charge in [0.25, 0.3) is 0 Å². The van der Waals surface area contributed by atoms with Gasteiger partial charge in [-0.25, -0.2) is 4.79 Å². The van der Waals surface area contributed by atoms with Crippen molar-refractivity contribution in [3.8, 4) is 0 Å². The van der Waals surface area contributed by atoms with Crippen molar-refractivity contribution in [3.63, 3.8) is 0 Å². The lowest BCUT2D eigenvalue weighted by molar-refractivity contribution is 0.0696. The molecule has 64 valence electrons. The molecule has 3 nitrogen and oxygen atoms in total. The number of nitrogen functional groups attached to an aromatic ring is 1. The van der Waals surface area contributed by atoms with E-state index >= 15 is 0 Å². The average Bonchev–Trinajstić information content (AvgIpc) is 1.96. The quantitative estimate of drug-likeness (QED) is 0.782. The number of rotatable bonds is 1. The van der Waals surface area contributed by atoms with Crippen LogP contribution >= 0.6 is 31.9 Å². The van der Waals surface area contributed by atoms with Crippen molar-refractivity contribution in [1.82, 2.24) is 0 Å². The molecule has 0 fully saturated rings. The molecule has 0 saturated carbocycles. The number of nitrogens with two attached hydrogens (primary N) is 1. The van der Waals surface area contributed by atoms with E-state index in [1.54, 1.807) is 6.07 Å². The lowest BCUT2D eigenvalue weighted by Gasteiger charge is -2.02. The summed E-state index contributed by atoms with van der Waals surface area (Å²) in [6.07, 6.45) is 0. The zero-order valence-corrected chi connectivity index (χ0v) is 9.02. The molecule has 0 aromatic heterocycles. The summed E-state index contributed by atoms with van der Waals surface area (Å²) in [5, 5.41) is 8.69. The van der Waals surface area contributed by atoms with Crippen LogP contribution < -0.4 is 5.73 Å². The summed E-state index contributed by atoms with van der Waals surface area (Å²) < 4.78 is 1.07. The SMILES string of the molecule is Nc1cc(Br)c(C(=O)O)cc1Br. The Hall–Kier alpha value is -0.550. The highest BCUT2D eigenvalue weighted by Crippen LogP contribution is 2.27. The minimum absolute atomic E-state index is 0.191. The van der Waals surface area contributed by atoms with Crippen LogP contribution in [0.2, 0.25) is 0 Å². The monoisotopic (exact) mass is 293 g/mol. The molecule has 1 aromatic rings. The lowest BCUT2D eigenvalue weighted by Crippen LogP contribution is -1.99. The van der Waals surface area contributed by atoms with Crippen LogP contribution in [-0.2, 0) is 0 Å². The molecule has 0 aliphatic heterocycles. The maximum absolute atomic E-state index is 10.6. The largest absolute Gasteiger partial charge is 0.478 e. The highest BCUT2D eigenvalue weighted by atomic mass is 79.9. The minimum Gasteiger partial charge on any atom is -0.478 e. The Kier molecular flexibility index (Phi) is 2.74. The van der Waals surface area contributed by atoms with Gasteiger partial charge in [0.15, 0.2) is 0 Å². The fourth-order valence-corrected chi connectivity index (χ4v) is 1.60. The van der Waals surface area contributed by atoms with Crippen molar-refractivity contribution in [3.05, 3.63) is 26.6 Å². The molecule has 0 bridgehead atoms. The van der Waals surface area contributed by atoms with Crippen molar-refractivity contribution >= 4 is 43.5 Å². The topological polar surface area (TPSA) is 63.3 Å². The number of aromatic carboxylic acids is 1. The van der Waals surface area contributed by atoms with Crippen LogP contribution in [0.5, 0.6) is 0 Å². The van der Waals surface area contributed by atoms with Crippen LogP contribution in [-0.4, -0.2) is 11.1 Å². The summed E-state index contributed by atoms with van der Waals surface area (Å²) in [5.74, 6) is -0.984. The van der Waals surface area contributed by atoms with Crippen LogP contribution in [0.4, 0.5) is 5.69 Å². The van der Waals surface area contributed by atoms with Crippen molar-refractivity contribution in [2.75, 3.05) is 5.73 Å². The first-order chi connectivity index (χ1) is 5.52. The third-order valence-corrected chi connectivity index (χ3v) is 2.66. The van der Waals surface area contributed by atoms with E-state index in [1.807, 2.05) is 0 Å². The van der Waals surface area contributed by atoms with Gasteiger partial charge in [0.2, 0.25) is 0 Å². The molecule has 0 aliphatic rings. The Morgan fingerprint density at radius 3 is 2.42 bits per heavy atom. The number of benzene rings is 1. The van der Waals surface area contributed by atoms with E-state index < -0.39 is 5.97 Å². The van der Waals surface area contributed by atoms with Crippen LogP contribution in [0, 0.1) is 0 Å². The first kappa shape index (κ1) is 9.54. The average molecular weight is 295 g/mol. The summed E-state index contributed by atoms with van der Waals surface area (Å²) in [4.78, 5) is 10.6. The molecular formula is C7H5Br2NO2. The first-order valence-corrected chi connectivity index (χ1v) is 4.59. The normalized spacial score (nSPS) is 9.83. The Morgan fingerprint density at radius 2 is 1.92 bits per heavy atom. The van der Waals surface area contributed by atoms with Crippen LogP contribution in [0.3, 0.4) is 0 Å². The minimum atomic E-state index is -0.984. The van der Waals surface area contributed by atoms with Gasteiger partial charge in [-0.2, -0.15) is 0 Å². The highest BCUT2D eigenvalue weighted by Gasteiger charge is 2.10. The van der Waals surface area contributed by atoms with Crippen LogP contribution in [0.1, 0.15) is 10.4 Å². The Bertz CT molecular complexity index is 338. The molecule has 0 aliphatic carbocycles. The molecule has 0 saturated heterocycles. The van der Waals surface area contributed by atoms with E-state index in [9.17, 15) is 4.79 Å². The van der Waals surface area contributed by atoms with Crippen molar-refractivity contribution in [1.29, 1.82) is 0 Å². The van der Waals surface area contributed by atoms with Gasteiger partial charge in [0, 0.05) is 14.6 Å². The van der Waals surface area contributed by atoms with Crippen LogP contribution in [0.25, 0.3) is 0 Å². The third-order valence-electron chi connectivity index (χ3n) is 1.32. The van der Waals surface area contributed by atoms with E-state index in [4.69, 9.17) is 10.8 Å². The number of carboxylic acid groups (broad SMARTS) is 1. The molecule has 0 atom stereocenters. The zero-order valence-electron chi connectivity index (χ0n) is 5.84. The predicted octanol–water partition coefficient (Wildman–Crippen LogP) is 2.49. The molecule has 1 aromatic carbocycles. The molecular weight excluding hydrogens is 290 g/mol.